The first-order chi connectivity index (χ1) is 7.84. The van der Waals surface area contributed by atoms with Crippen molar-refractivity contribution in [2.24, 2.45) is 0 Å². The number of hydrogen-bond acceptors (Lipinski definition) is 3. The molecule has 0 aliphatic carbocycles. The number of para-hydroxylation sites is 1. The Balaban J connectivity index is 2.02. The molecule has 2 heterocycles. The van der Waals surface area contributed by atoms with E-state index in [4.69, 9.17) is 0 Å². The first-order valence-electron chi connectivity index (χ1n) is 4.99. The zero-order chi connectivity index (χ0) is 11.0. The van der Waals surface area contributed by atoms with Crippen molar-refractivity contribution in [1.29, 1.82) is 0 Å². The van der Waals surface area contributed by atoms with Crippen LogP contribution in [0, 0.1) is 0 Å². The summed E-state index contributed by atoms with van der Waals surface area (Å²) in [5.74, 6) is 0.0711. The average molecular weight is 227 g/mol. The third kappa shape index (κ3) is 1.46. The molecule has 2 aromatic rings. The summed E-state index contributed by atoms with van der Waals surface area (Å²) >= 11 is 1.62. The SMILES string of the molecule is O=C1/C(=C/c2ccsc2)Nc2ccccc21. The Morgan fingerprint density at radius 1 is 1.19 bits per heavy atom. The first-order valence-corrected chi connectivity index (χ1v) is 5.93. The molecule has 2 nitrogen and oxygen atoms in total. The van der Waals surface area contributed by atoms with Crippen LogP contribution in [0.2, 0.25) is 0 Å². The number of thiophene rings is 1. The number of anilines is 1. The number of allylic oxidation sites excluding steroid dienone is 1. The van der Waals surface area contributed by atoms with Gasteiger partial charge in [-0.25, -0.2) is 0 Å². The predicted octanol–water partition coefficient (Wildman–Crippen LogP) is 3.40. The highest BCUT2D eigenvalue weighted by atomic mass is 32.1. The van der Waals surface area contributed by atoms with Crippen molar-refractivity contribution in [2.75, 3.05) is 5.32 Å². The van der Waals surface area contributed by atoms with Gasteiger partial charge in [0.25, 0.3) is 0 Å². The van der Waals surface area contributed by atoms with Crippen molar-refractivity contribution in [3.63, 3.8) is 0 Å². The molecule has 16 heavy (non-hydrogen) atoms. The van der Waals surface area contributed by atoms with Crippen molar-refractivity contribution >= 4 is 28.9 Å². The van der Waals surface area contributed by atoms with E-state index in [0.29, 0.717) is 5.70 Å². The van der Waals surface area contributed by atoms with Gasteiger partial charge in [-0.1, -0.05) is 12.1 Å². The fourth-order valence-corrected chi connectivity index (χ4v) is 2.38. The second kappa shape index (κ2) is 3.61. The molecular weight excluding hydrogens is 218 g/mol. The lowest BCUT2D eigenvalue weighted by molar-refractivity contribution is 0.104. The van der Waals surface area contributed by atoms with Gasteiger partial charge in [-0.2, -0.15) is 11.3 Å². The van der Waals surface area contributed by atoms with Crippen LogP contribution in [0.25, 0.3) is 6.08 Å². The summed E-state index contributed by atoms with van der Waals surface area (Å²) in [6.45, 7) is 0. The summed E-state index contributed by atoms with van der Waals surface area (Å²) < 4.78 is 0. The summed E-state index contributed by atoms with van der Waals surface area (Å²) in [6.07, 6.45) is 1.89. The summed E-state index contributed by atoms with van der Waals surface area (Å²) in [7, 11) is 0. The van der Waals surface area contributed by atoms with E-state index in [1.807, 2.05) is 47.2 Å². The molecule has 0 atom stereocenters. The Labute approximate surface area is 97.2 Å². The summed E-state index contributed by atoms with van der Waals surface area (Å²) in [5, 5.41) is 7.16. The lowest BCUT2D eigenvalue weighted by Crippen LogP contribution is -1.99. The van der Waals surface area contributed by atoms with Crippen LogP contribution in [-0.4, -0.2) is 5.78 Å². The first kappa shape index (κ1) is 9.36. The van der Waals surface area contributed by atoms with E-state index < -0.39 is 0 Å². The van der Waals surface area contributed by atoms with Crippen molar-refractivity contribution in [3.05, 3.63) is 57.9 Å². The van der Waals surface area contributed by atoms with E-state index >= 15 is 0 Å². The molecule has 0 unspecified atom stereocenters. The Morgan fingerprint density at radius 3 is 2.81 bits per heavy atom. The van der Waals surface area contributed by atoms with Crippen LogP contribution in [0.1, 0.15) is 15.9 Å². The molecule has 0 radical (unpaired) electrons. The molecule has 78 valence electrons. The maximum absolute atomic E-state index is 12.0. The van der Waals surface area contributed by atoms with Gasteiger partial charge in [-0.05, 0) is 40.6 Å². The molecule has 1 N–H and O–H groups in total. The third-order valence-electron chi connectivity index (χ3n) is 2.54. The number of nitrogens with one attached hydrogen (secondary N) is 1. The van der Waals surface area contributed by atoms with Crippen molar-refractivity contribution < 1.29 is 4.79 Å². The Kier molecular flexibility index (Phi) is 2.11. The zero-order valence-electron chi connectivity index (χ0n) is 8.44. The number of hydrogen-bond donors (Lipinski definition) is 1. The van der Waals surface area contributed by atoms with Crippen LogP contribution in [0.3, 0.4) is 0 Å². The van der Waals surface area contributed by atoms with Gasteiger partial charge in [0.05, 0.1) is 5.70 Å². The monoisotopic (exact) mass is 227 g/mol. The van der Waals surface area contributed by atoms with Gasteiger partial charge >= 0.3 is 0 Å². The average Bonchev–Trinajstić information content (AvgIpc) is 2.90. The van der Waals surface area contributed by atoms with Crippen LogP contribution >= 0.6 is 11.3 Å². The second-order valence-corrected chi connectivity index (χ2v) is 4.39. The number of Topliss-reactive ketones (excluding diaryl/α,β-unsaturated/α-hetero) is 1. The van der Waals surface area contributed by atoms with E-state index in [-0.39, 0.29) is 5.78 Å². The van der Waals surface area contributed by atoms with Crippen LogP contribution < -0.4 is 5.32 Å². The molecule has 0 fully saturated rings. The molecule has 3 rings (SSSR count). The summed E-state index contributed by atoms with van der Waals surface area (Å²) in [4.78, 5) is 12.0. The van der Waals surface area contributed by atoms with E-state index in [2.05, 4.69) is 5.32 Å². The lowest BCUT2D eigenvalue weighted by atomic mass is 10.1. The second-order valence-electron chi connectivity index (χ2n) is 3.61. The van der Waals surface area contributed by atoms with Crippen LogP contribution in [0.4, 0.5) is 5.69 Å². The Morgan fingerprint density at radius 2 is 2.06 bits per heavy atom. The third-order valence-corrected chi connectivity index (χ3v) is 3.24. The van der Waals surface area contributed by atoms with Crippen molar-refractivity contribution in [3.8, 4) is 0 Å². The summed E-state index contributed by atoms with van der Waals surface area (Å²) in [5.41, 5.74) is 3.37. The number of carbonyl (C=O) groups excluding carboxylic acids is 1. The number of carbonyl (C=O) groups is 1. The Hall–Kier alpha value is -1.87. The van der Waals surface area contributed by atoms with Gasteiger partial charge in [0.15, 0.2) is 0 Å². The fourth-order valence-electron chi connectivity index (χ4n) is 1.76. The molecule has 0 spiro atoms. The molecule has 3 heteroatoms. The van der Waals surface area contributed by atoms with E-state index in [1.165, 1.54) is 0 Å². The van der Waals surface area contributed by atoms with Gasteiger partial charge in [0.1, 0.15) is 0 Å². The zero-order valence-corrected chi connectivity index (χ0v) is 9.25. The predicted molar refractivity (Wildman–Crippen MR) is 66.7 cm³/mol. The quantitative estimate of drug-likeness (QED) is 0.756. The molecule has 1 aliphatic rings. The topological polar surface area (TPSA) is 29.1 Å². The fraction of sp³-hybridized carbons (Fsp3) is 0. The molecule has 0 bridgehead atoms. The lowest BCUT2D eigenvalue weighted by Gasteiger charge is -1.96. The van der Waals surface area contributed by atoms with Gasteiger partial charge in [0, 0.05) is 11.3 Å². The highest BCUT2D eigenvalue weighted by molar-refractivity contribution is 7.08. The van der Waals surface area contributed by atoms with Gasteiger partial charge in [-0.3, -0.25) is 4.79 Å². The standard InChI is InChI=1S/C13H9NOS/c15-13-10-3-1-2-4-11(10)14-12(13)7-9-5-6-16-8-9/h1-8,14H/b12-7-. The van der Waals surface area contributed by atoms with Crippen LogP contribution in [0.15, 0.2) is 46.8 Å². The molecule has 0 saturated heterocycles. The highest BCUT2D eigenvalue weighted by Crippen LogP contribution is 2.28. The van der Waals surface area contributed by atoms with Gasteiger partial charge in [-0.15, -0.1) is 0 Å². The number of fused-ring (bicyclic) bond motifs is 1. The summed E-state index contributed by atoms with van der Waals surface area (Å²) in [6, 6.07) is 9.56. The van der Waals surface area contributed by atoms with E-state index in [0.717, 1.165) is 16.8 Å². The molecule has 1 aromatic carbocycles. The van der Waals surface area contributed by atoms with Crippen LogP contribution in [0.5, 0.6) is 0 Å². The maximum atomic E-state index is 12.0. The molecule has 1 aromatic heterocycles. The number of rotatable bonds is 1. The minimum absolute atomic E-state index is 0.0711. The van der Waals surface area contributed by atoms with Crippen molar-refractivity contribution in [2.45, 2.75) is 0 Å². The van der Waals surface area contributed by atoms with E-state index in [1.54, 1.807) is 11.3 Å². The minimum atomic E-state index is 0.0711. The molecular formula is C13H9NOS. The number of benzene rings is 1. The smallest absolute Gasteiger partial charge is 0.211 e. The van der Waals surface area contributed by atoms with Gasteiger partial charge < -0.3 is 5.32 Å². The van der Waals surface area contributed by atoms with E-state index in [9.17, 15) is 4.79 Å². The molecule has 0 amide bonds. The molecule has 1 aliphatic heterocycles. The Bertz CT molecular complexity index is 569. The molecule has 0 saturated carbocycles. The highest BCUT2D eigenvalue weighted by Gasteiger charge is 2.23. The largest absolute Gasteiger partial charge is 0.352 e. The normalized spacial score (nSPS) is 16.2. The van der Waals surface area contributed by atoms with Crippen molar-refractivity contribution in [1.82, 2.24) is 0 Å². The maximum Gasteiger partial charge on any atom is 0.211 e. The van der Waals surface area contributed by atoms with Gasteiger partial charge in [0.2, 0.25) is 5.78 Å². The van der Waals surface area contributed by atoms with Crippen LogP contribution in [-0.2, 0) is 0 Å². The number of ketones is 1. The minimum Gasteiger partial charge on any atom is -0.352 e.